The Hall–Kier alpha value is -2.51. The Morgan fingerprint density at radius 1 is 1.50 bits per heavy atom. The van der Waals surface area contributed by atoms with Gasteiger partial charge in [0.15, 0.2) is 0 Å². The van der Waals surface area contributed by atoms with Crippen LogP contribution in [0.2, 0.25) is 0 Å². The van der Waals surface area contributed by atoms with E-state index in [1.165, 1.54) is 24.2 Å². The Balaban J connectivity index is 2.27. The summed E-state index contributed by atoms with van der Waals surface area (Å²) in [7, 11) is 1.49. The van der Waals surface area contributed by atoms with Crippen molar-refractivity contribution in [1.82, 2.24) is 20.0 Å². The highest BCUT2D eigenvalue weighted by Gasteiger charge is 2.12. The normalized spacial score (nSPS) is 10.3. The third-order valence-electron chi connectivity index (χ3n) is 2.31. The van der Waals surface area contributed by atoms with Gasteiger partial charge in [0.25, 0.3) is 0 Å². The van der Waals surface area contributed by atoms with Crippen molar-refractivity contribution in [2.24, 2.45) is 0 Å². The van der Waals surface area contributed by atoms with E-state index in [0.717, 1.165) is 11.3 Å². The molecular weight excluding hydrogens is 238 g/mol. The van der Waals surface area contributed by atoms with Gasteiger partial charge in [-0.2, -0.15) is 10.2 Å². The van der Waals surface area contributed by atoms with Crippen molar-refractivity contribution in [2.45, 2.75) is 13.5 Å². The summed E-state index contributed by atoms with van der Waals surface area (Å²) in [6, 6.07) is 1.80. The lowest BCUT2D eigenvalue weighted by atomic mass is 10.2. The van der Waals surface area contributed by atoms with Gasteiger partial charge < -0.3 is 4.74 Å². The third-order valence-corrected chi connectivity index (χ3v) is 2.31. The summed E-state index contributed by atoms with van der Waals surface area (Å²) in [5, 5.41) is 22.2. The Morgan fingerprint density at radius 2 is 2.28 bits per heavy atom. The molecule has 0 fully saturated rings. The highest BCUT2D eigenvalue weighted by atomic mass is 16.6. The second-order valence-corrected chi connectivity index (χ2v) is 3.67. The van der Waals surface area contributed by atoms with Gasteiger partial charge >= 0.3 is 5.69 Å². The van der Waals surface area contributed by atoms with Crippen LogP contribution in [0.3, 0.4) is 0 Å². The summed E-state index contributed by atoms with van der Waals surface area (Å²) in [6.45, 7) is 2.15. The fourth-order valence-corrected chi connectivity index (χ4v) is 1.52. The molecule has 18 heavy (non-hydrogen) atoms. The molecule has 0 bridgehead atoms. The number of rotatable bonds is 4. The van der Waals surface area contributed by atoms with Crippen LogP contribution in [0.15, 0.2) is 18.5 Å². The molecule has 0 saturated carbocycles. The molecule has 0 aliphatic rings. The predicted octanol–water partition coefficient (Wildman–Crippen LogP) is 0.947. The highest BCUT2D eigenvalue weighted by molar-refractivity contribution is 5.27. The van der Waals surface area contributed by atoms with Crippen LogP contribution in [0.25, 0.3) is 0 Å². The lowest BCUT2D eigenvalue weighted by Crippen LogP contribution is -2.05. The maximum atomic E-state index is 10.5. The Kier molecular flexibility index (Phi) is 3.18. The zero-order chi connectivity index (χ0) is 13.1. The number of methoxy groups -OCH3 is 1. The molecule has 0 unspecified atom stereocenters. The second kappa shape index (κ2) is 4.78. The standard InChI is InChI=1S/C10H11N5O3/c1-7-3-8(10(18-2)13-12-7)5-14-6-9(4-11-14)15(16)17/h3-4,6H,5H2,1-2H3. The van der Waals surface area contributed by atoms with Crippen molar-refractivity contribution in [3.05, 3.63) is 39.8 Å². The number of aryl methyl sites for hydroxylation is 1. The van der Waals surface area contributed by atoms with Crippen molar-refractivity contribution in [3.8, 4) is 5.88 Å². The maximum absolute atomic E-state index is 10.5. The minimum atomic E-state index is -0.489. The van der Waals surface area contributed by atoms with Gasteiger partial charge in [0.2, 0.25) is 5.88 Å². The number of ether oxygens (including phenoxy) is 1. The van der Waals surface area contributed by atoms with E-state index in [1.807, 2.05) is 6.92 Å². The smallest absolute Gasteiger partial charge is 0.307 e. The van der Waals surface area contributed by atoms with E-state index in [0.29, 0.717) is 12.4 Å². The van der Waals surface area contributed by atoms with Crippen LogP contribution >= 0.6 is 0 Å². The molecule has 0 spiro atoms. The molecule has 0 amide bonds. The monoisotopic (exact) mass is 249 g/mol. The number of nitro groups is 1. The van der Waals surface area contributed by atoms with E-state index < -0.39 is 4.92 Å². The Labute approximate surface area is 102 Å². The molecule has 0 N–H and O–H groups in total. The van der Waals surface area contributed by atoms with E-state index in [1.54, 1.807) is 6.07 Å². The van der Waals surface area contributed by atoms with Gasteiger partial charge in [-0.1, -0.05) is 0 Å². The van der Waals surface area contributed by atoms with Gasteiger partial charge in [-0.05, 0) is 13.0 Å². The van der Waals surface area contributed by atoms with Crippen molar-refractivity contribution in [3.63, 3.8) is 0 Å². The van der Waals surface area contributed by atoms with Crippen LogP contribution in [-0.4, -0.2) is 32.0 Å². The zero-order valence-corrected chi connectivity index (χ0v) is 9.90. The Bertz CT molecular complexity index is 581. The van der Waals surface area contributed by atoms with Crippen molar-refractivity contribution in [1.29, 1.82) is 0 Å². The molecule has 2 aromatic heterocycles. The summed E-state index contributed by atoms with van der Waals surface area (Å²) in [5.41, 5.74) is 1.46. The fraction of sp³-hybridized carbons (Fsp3) is 0.300. The maximum Gasteiger partial charge on any atom is 0.307 e. The molecule has 0 atom stereocenters. The van der Waals surface area contributed by atoms with Gasteiger partial charge in [0.1, 0.15) is 12.4 Å². The fourth-order valence-electron chi connectivity index (χ4n) is 1.52. The van der Waals surface area contributed by atoms with E-state index in [2.05, 4.69) is 15.3 Å². The molecule has 0 aliphatic carbocycles. The average molecular weight is 249 g/mol. The Morgan fingerprint density at radius 3 is 2.89 bits per heavy atom. The SMILES string of the molecule is COc1nnc(C)cc1Cn1cc([N+](=O)[O-])cn1. The van der Waals surface area contributed by atoms with E-state index >= 15 is 0 Å². The summed E-state index contributed by atoms with van der Waals surface area (Å²) < 4.78 is 6.53. The highest BCUT2D eigenvalue weighted by Crippen LogP contribution is 2.17. The van der Waals surface area contributed by atoms with Gasteiger partial charge in [-0.25, -0.2) is 0 Å². The van der Waals surface area contributed by atoms with Gasteiger partial charge in [-0.3, -0.25) is 14.8 Å². The molecule has 0 saturated heterocycles. The molecule has 8 heteroatoms. The first kappa shape index (κ1) is 12.0. The number of hydrogen-bond acceptors (Lipinski definition) is 6. The minimum Gasteiger partial charge on any atom is -0.480 e. The zero-order valence-electron chi connectivity index (χ0n) is 9.90. The molecule has 0 aromatic carbocycles. The summed E-state index contributed by atoms with van der Waals surface area (Å²) in [5.74, 6) is 0.388. The third kappa shape index (κ3) is 2.42. The summed E-state index contributed by atoms with van der Waals surface area (Å²) in [6.07, 6.45) is 2.56. The van der Waals surface area contributed by atoms with E-state index in [-0.39, 0.29) is 5.69 Å². The van der Waals surface area contributed by atoms with Crippen LogP contribution in [0, 0.1) is 17.0 Å². The average Bonchev–Trinajstić information content (AvgIpc) is 2.78. The predicted molar refractivity (Wildman–Crippen MR) is 61.3 cm³/mol. The number of hydrogen-bond donors (Lipinski definition) is 0. The number of aromatic nitrogens is 4. The van der Waals surface area contributed by atoms with Crippen LogP contribution in [0.4, 0.5) is 5.69 Å². The summed E-state index contributed by atoms with van der Waals surface area (Å²) >= 11 is 0. The lowest BCUT2D eigenvalue weighted by molar-refractivity contribution is -0.385. The molecule has 0 radical (unpaired) electrons. The molecule has 2 aromatic rings. The van der Waals surface area contributed by atoms with Crippen LogP contribution < -0.4 is 4.74 Å². The minimum absolute atomic E-state index is 0.0484. The number of nitrogens with zero attached hydrogens (tertiary/aromatic N) is 5. The topological polar surface area (TPSA) is 96.0 Å². The summed E-state index contributed by atoms with van der Waals surface area (Å²) in [4.78, 5) is 10.1. The first-order valence-electron chi connectivity index (χ1n) is 5.14. The second-order valence-electron chi connectivity index (χ2n) is 3.67. The molecule has 94 valence electrons. The molecular formula is C10H11N5O3. The molecule has 2 heterocycles. The van der Waals surface area contributed by atoms with Gasteiger partial charge in [-0.15, -0.1) is 5.10 Å². The van der Waals surface area contributed by atoms with Crippen LogP contribution in [-0.2, 0) is 6.54 Å². The van der Waals surface area contributed by atoms with Crippen molar-refractivity contribution in [2.75, 3.05) is 7.11 Å². The van der Waals surface area contributed by atoms with E-state index in [4.69, 9.17) is 4.74 Å². The van der Waals surface area contributed by atoms with Crippen LogP contribution in [0.1, 0.15) is 11.3 Å². The molecule has 2 rings (SSSR count). The van der Waals surface area contributed by atoms with Crippen molar-refractivity contribution < 1.29 is 9.66 Å². The van der Waals surface area contributed by atoms with Gasteiger partial charge in [0, 0.05) is 5.56 Å². The first-order chi connectivity index (χ1) is 8.60. The molecule has 0 aliphatic heterocycles. The van der Waals surface area contributed by atoms with E-state index in [9.17, 15) is 10.1 Å². The van der Waals surface area contributed by atoms with Crippen LogP contribution in [0.5, 0.6) is 5.88 Å². The lowest BCUT2D eigenvalue weighted by Gasteiger charge is -2.06. The molecule has 8 nitrogen and oxygen atoms in total. The van der Waals surface area contributed by atoms with Gasteiger partial charge in [0.05, 0.1) is 24.3 Å². The first-order valence-corrected chi connectivity index (χ1v) is 5.14. The quantitative estimate of drug-likeness (QED) is 0.591. The largest absolute Gasteiger partial charge is 0.480 e. The van der Waals surface area contributed by atoms with Crippen molar-refractivity contribution >= 4 is 5.69 Å².